The van der Waals surface area contributed by atoms with Crippen molar-refractivity contribution in [3.05, 3.63) is 52.4 Å². The van der Waals surface area contributed by atoms with E-state index in [0.29, 0.717) is 0 Å². The number of aromatic nitrogens is 2. The highest BCUT2D eigenvalue weighted by Crippen LogP contribution is 2.37. The highest BCUT2D eigenvalue weighted by molar-refractivity contribution is 6.74. The van der Waals surface area contributed by atoms with Crippen LogP contribution in [0.3, 0.4) is 0 Å². The highest BCUT2D eigenvalue weighted by atomic mass is 28.4. The quantitative estimate of drug-likeness (QED) is 0.763. The molecular formula is C19H30N2O2Si. The summed E-state index contributed by atoms with van der Waals surface area (Å²) < 4.78 is 10.1. The van der Waals surface area contributed by atoms with E-state index >= 15 is 0 Å². The van der Waals surface area contributed by atoms with Crippen molar-refractivity contribution in [1.29, 1.82) is 0 Å². The van der Waals surface area contributed by atoms with Gasteiger partial charge in [-0.15, -0.1) is 0 Å². The summed E-state index contributed by atoms with van der Waals surface area (Å²) in [5.74, 6) is 0. The van der Waals surface area contributed by atoms with E-state index in [1.807, 2.05) is 42.1 Å². The first-order chi connectivity index (χ1) is 11.0. The molecular weight excluding hydrogens is 316 g/mol. The molecule has 0 saturated carbocycles. The van der Waals surface area contributed by atoms with Crippen LogP contribution in [0.2, 0.25) is 18.1 Å². The van der Waals surface area contributed by atoms with Crippen molar-refractivity contribution in [3.8, 4) is 5.69 Å². The van der Waals surface area contributed by atoms with Crippen LogP contribution in [0.5, 0.6) is 0 Å². The summed E-state index contributed by atoms with van der Waals surface area (Å²) in [5.41, 5.74) is 1.88. The normalized spacial score (nSPS) is 14.0. The summed E-state index contributed by atoms with van der Waals surface area (Å²) in [7, 11) is 0.129. The van der Waals surface area contributed by atoms with Crippen LogP contribution in [-0.4, -0.2) is 23.8 Å². The molecule has 0 aliphatic heterocycles. The molecule has 1 aromatic heterocycles. The molecule has 1 atom stereocenters. The predicted octanol–water partition coefficient (Wildman–Crippen LogP) is 4.13. The second-order valence-electron chi connectivity index (χ2n) is 8.04. The average molecular weight is 347 g/mol. The fraction of sp³-hybridized carbons (Fsp3) is 0.526. The number of rotatable bonds is 5. The van der Waals surface area contributed by atoms with Gasteiger partial charge in [0.1, 0.15) is 0 Å². The molecule has 24 heavy (non-hydrogen) atoms. The first-order valence-corrected chi connectivity index (χ1v) is 11.4. The molecule has 0 spiro atoms. The van der Waals surface area contributed by atoms with E-state index in [1.54, 1.807) is 10.7 Å². The van der Waals surface area contributed by atoms with E-state index in [9.17, 15) is 4.79 Å². The molecule has 0 fully saturated rings. The molecule has 1 aromatic carbocycles. The Bertz CT molecular complexity index is 739. The lowest BCUT2D eigenvalue weighted by Crippen LogP contribution is -2.43. The zero-order valence-electron chi connectivity index (χ0n) is 16.0. The summed E-state index contributed by atoms with van der Waals surface area (Å²) in [6, 6.07) is 11.4. The second-order valence-corrected chi connectivity index (χ2v) is 12.8. The molecule has 0 aliphatic rings. The third kappa shape index (κ3) is 3.90. The van der Waals surface area contributed by atoms with Gasteiger partial charge < -0.3 is 4.43 Å². The molecule has 0 aliphatic carbocycles. The highest BCUT2D eigenvalue weighted by Gasteiger charge is 2.38. The number of benzene rings is 1. The summed E-state index contributed by atoms with van der Waals surface area (Å²) >= 11 is 0. The van der Waals surface area contributed by atoms with Crippen LogP contribution in [0.1, 0.15) is 33.4 Å². The molecule has 132 valence electrons. The molecule has 0 amide bonds. The standard InChI is InChI=1S/C19H30N2O2Si/c1-15(23-24(6,7)19(2,3)4)13-17-14-18(22)21(20(17)5)16-11-9-8-10-12-16/h8-12,14-15H,13H2,1-7H3/t15-/m1/s1. The van der Waals surface area contributed by atoms with Crippen LogP contribution in [0.4, 0.5) is 0 Å². The zero-order chi connectivity index (χ0) is 18.1. The van der Waals surface area contributed by atoms with Crippen LogP contribution in [0, 0.1) is 0 Å². The van der Waals surface area contributed by atoms with E-state index in [2.05, 4.69) is 40.8 Å². The summed E-state index contributed by atoms with van der Waals surface area (Å²) in [6.45, 7) is 13.4. The van der Waals surface area contributed by atoms with Gasteiger partial charge in [0, 0.05) is 31.3 Å². The first-order valence-electron chi connectivity index (χ1n) is 8.54. The Labute approximate surface area is 146 Å². The van der Waals surface area contributed by atoms with Gasteiger partial charge in [-0.05, 0) is 37.2 Å². The topological polar surface area (TPSA) is 36.2 Å². The Morgan fingerprint density at radius 2 is 1.75 bits per heavy atom. The first kappa shape index (κ1) is 18.7. The lowest BCUT2D eigenvalue weighted by atomic mass is 10.2. The minimum Gasteiger partial charge on any atom is -0.414 e. The average Bonchev–Trinajstić information content (AvgIpc) is 2.72. The third-order valence-corrected chi connectivity index (χ3v) is 9.62. The van der Waals surface area contributed by atoms with Crippen LogP contribution >= 0.6 is 0 Å². The lowest BCUT2D eigenvalue weighted by Gasteiger charge is -2.38. The fourth-order valence-electron chi connectivity index (χ4n) is 2.65. The molecule has 0 unspecified atom stereocenters. The van der Waals surface area contributed by atoms with Gasteiger partial charge in [-0.2, -0.15) is 0 Å². The Morgan fingerprint density at radius 3 is 2.29 bits per heavy atom. The molecule has 0 saturated heterocycles. The van der Waals surface area contributed by atoms with Crippen molar-refractivity contribution in [2.75, 3.05) is 0 Å². The molecule has 2 aromatic rings. The second kappa shape index (κ2) is 6.73. The van der Waals surface area contributed by atoms with E-state index in [4.69, 9.17) is 4.43 Å². The van der Waals surface area contributed by atoms with Gasteiger partial charge in [0.05, 0.1) is 5.69 Å². The van der Waals surface area contributed by atoms with Gasteiger partial charge >= 0.3 is 0 Å². The van der Waals surface area contributed by atoms with Crippen molar-refractivity contribution in [3.63, 3.8) is 0 Å². The number of para-hydroxylation sites is 1. The van der Waals surface area contributed by atoms with Crippen LogP contribution < -0.4 is 5.56 Å². The smallest absolute Gasteiger partial charge is 0.271 e. The summed E-state index contributed by atoms with van der Waals surface area (Å²) in [4.78, 5) is 12.4. The predicted molar refractivity (Wildman–Crippen MR) is 102 cm³/mol. The Hall–Kier alpha value is -1.59. The van der Waals surface area contributed by atoms with Gasteiger partial charge in [-0.1, -0.05) is 39.0 Å². The summed E-state index contributed by atoms with van der Waals surface area (Å²) in [6.07, 6.45) is 0.820. The van der Waals surface area contributed by atoms with Gasteiger partial charge in [0.15, 0.2) is 8.32 Å². The van der Waals surface area contributed by atoms with Gasteiger partial charge in [-0.3, -0.25) is 9.48 Å². The van der Waals surface area contributed by atoms with Crippen molar-refractivity contribution >= 4 is 8.32 Å². The molecule has 0 N–H and O–H groups in total. The van der Waals surface area contributed by atoms with Gasteiger partial charge in [-0.25, -0.2) is 4.68 Å². The third-order valence-electron chi connectivity index (χ3n) is 5.01. The maximum atomic E-state index is 12.4. The Balaban J connectivity index is 2.22. The minimum absolute atomic E-state index is 0.00164. The van der Waals surface area contributed by atoms with Crippen LogP contribution in [0.25, 0.3) is 5.69 Å². The maximum absolute atomic E-state index is 12.4. The van der Waals surface area contributed by atoms with Gasteiger partial charge in [0.25, 0.3) is 5.56 Å². The Kier molecular flexibility index (Phi) is 5.25. The minimum atomic E-state index is -1.80. The van der Waals surface area contributed by atoms with Crippen LogP contribution in [-0.2, 0) is 17.9 Å². The fourth-order valence-corrected chi connectivity index (χ4v) is 4.09. The summed E-state index contributed by atoms with van der Waals surface area (Å²) in [5, 5.41) is 0.184. The zero-order valence-corrected chi connectivity index (χ0v) is 17.0. The largest absolute Gasteiger partial charge is 0.414 e. The number of nitrogens with zero attached hydrogens (tertiary/aromatic N) is 2. The van der Waals surface area contributed by atoms with Crippen molar-refractivity contribution in [2.45, 2.75) is 58.4 Å². The molecule has 0 radical (unpaired) electrons. The van der Waals surface area contributed by atoms with E-state index in [1.165, 1.54) is 0 Å². The monoisotopic (exact) mass is 346 g/mol. The molecule has 0 bridgehead atoms. The molecule has 2 rings (SSSR count). The van der Waals surface area contributed by atoms with Crippen molar-refractivity contribution in [1.82, 2.24) is 9.36 Å². The molecule has 1 heterocycles. The number of hydrogen-bond acceptors (Lipinski definition) is 2. The Morgan fingerprint density at radius 1 is 1.17 bits per heavy atom. The van der Waals surface area contributed by atoms with Crippen LogP contribution in [0.15, 0.2) is 41.2 Å². The maximum Gasteiger partial charge on any atom is 0.271 e. The lowest BCUT2D eigenvalue weighted by molar-refractivity contribution is 0.196. The van der Waals surface area contributed by atoms with E-state index in [0.717, 1.165) is 17.8 Å². The van der Waals surface area contributed by atoms with E-state index < -0.39 is 8.32 Å². The van der Waals surface area contributed by atoms with Gasteiger partial charge in [0.2, 0.25) is 0 Å². The van der Waals surface area contributed by atoms with Crippen molar-refractivity contribution < 1.29 is 4.43 Å². The number of hydrogen-bond donors (Lipinski definition) is 0. The SMILES string of the molecule is C[C@H](Cc1cc(=O)n(-c2ccccc2)n1C)O[Si](C)(C)C(C)(C)C. The van der Waals surface area contributed by atoms with Crippen molar-refractivity contribution in [2.24, 2.45) is 7.05 Å². The molecule has 4 nitrogen and oxygen atoms in total. The molecule has 5 heteroatoms. The van der Waals surface area contributed by atoms with E-state index in [-0.39, 0.29) is 16.7 Å².